The number of rotatable bonds is 5. The van der Waals surface area contributed by atoms with Gasteiger partial charge in [-0.05, 0) is 62.6 Å². The van der Waals surface area contributed by atoms with Crippen molar-refractivity contribution in [3.63, 3.8) is 0 Å². The second-order valence-electron chi connectivity index (χ2n) is 9.27. The molecule has 0 saturated heterocycles. The van der Waals surface area contributed by atoms with Crippen LogP contribution in [0.2, 0.25) is 0 Å². The molecule has 0 radical (unpaired) electrons. The molecular formula is C24H27F4N3O3. The molecule has 2 aromatic rings. The summed E-state index contributed by atoms with van der Waals surface area (Å²) < 4.78 is 55.8. The van der Waals surface area contributed by atoms with Gasteiger partial charge >= 0.3 is 12.1 Å². The summed E-state index contributed by atoms with van der Waals surface area (Å²) in [5.41, 5.74) is 0.125. The predicted molar refractivity (Wildman–Crippen MR) is 114 cm³/mol. The summed E-state index contributed by atoms with van der Waals surface area (Å²) in [4.78, 5) is 25.7. The maximum Gasteiger partial charge on any atom is 0.435 e. The van der Waals surface area contributed by atoms with Crippen LogP contribution in [0.1, 0.15) is 67.6 Å². The molecule has 10 heteroatoms. The molecule has 0 bridgehead atoms. The monoisotopic (exact) mass is 481 g/mol. The highest BCUT2D eigenvalue weighted by atomic mass is 19.4. The number of benzene rings is 1. The van der Waals surface area contributed by atoms with Crippen molar-refractivity contribution in [2.24, 2.45) is 11.8 Å². The third-order valence-corrected chi connectivity index (χ3v) is 7.09. The molecule has 1 aromatic heterocycles. The van der Waals surface area contributed by atoms with Gasteiger partial charge in [-0.2, -0.15) is 18.3 Å². The van der Waals surface area contributed by atoms with Crippen molar-refractivity contribution in [1.82, 2.24) is 14.7 Å². The van der Waals surface area contributed by atoms with Gasteiger partial charge in [-0.15, -0.1) is 0 Å². The number of amides is 1. The summed E-state index contributed by atoms with van der Waals surface area (Å²) in [5, 5.41) is 13.0. The predicted octanol–water partition coefficient (Wildman–Crippen LogP) is 4.82. The van der Waals surface area contributed by atoms with Crippen molar-refractivity contribution in [1.29, 1.82) is 0 Å². The van der Waals surface area contributed by atoms with Crippen molar-refractivity contribution >= 4 is 11.9 Å². The van der Waals surface area contributed by atoms with Crippen LogP contribution in [0.15, 0.2) is 24.3 Å². The molecule has 1 aromatic carbocycles. The van der Waals surface area contributed by atoms with Gasteiger partial charge in [0.2, 0.25) is 5.91 Å². The molecule has 1 amide bonds. The lowest BCUT2D eigenvalue weighted by Crippen LogP contribution is -2.38. The number of nitrogens with zero attached hydrogens (tertiary/aromatic N) is 3. The largest absolute Gasteiger partial charge is 0.481 e. The smallest absolute Gasteiger partial charge is 0.435 e. The van der Waals surface area contributed by atoms with E-state index in [1.807, 2.05) is 0 Å². The lowest BCUT2D eigenvalue weighted by atomic mass is 9.80. The lowest BCUT2D eigenvalue weighted by Gasteiger charge is -2.32. The van der Waals surface area contributed by atoms with E-state index in [0.29, 0.717) is 36.9 Å². The van der Waals surface area contributed by atoms with Gasteiger partial charge in [-0.1, -0.05) is 12.1 Å². The minimum Gasteiger partial charge on any atom is -0.481 e. The van der Waals surface area contributed by atoms with Crippen molar-refractivity contribution in [2.75, 3.05) is 6.54 Å². The third-order valence-electron chi connectivity index (χ3n) is 7.09. The van der Waals surface area contributed by atoms with E-state index in [4.69, 9.17) is 5.11 Å². The lowest BCUT2D eigenvalue weighted by molar-refractivity contribution is -0.143. The molecule has 2 aliphatic rings. The van der Waals surface area contributed by atoms with E-state index in [1.54, 1.807) is 11.8 Å². The zero-order valence-corrected chi connectivity index (χ0v) is 18.8. The maximum absolute atomic E-state index is 13.7. The molecule has 184 valence electrons. The van der Waals surface area contributed by atoms with Gasteiger partial charge in [0.25, 0.3) is 0 Å². The Balaban J connectivity index is 1.54. The summed E-state index contributed by atoms with van der Waals surface area (Å²) >= 11 is 0. The molecule has 34 heavy (non-hydrogen) atoms. The molecule has 6 nitrogen and oxygen atoms in total. The number of hydrogen-bond acceptors (Lipinski definition) is 3. The van der Waals surface area contributed by atoms with Gasteiger partial charge in [0, 0.05) is 18.5 Å². The minimum atomic E-state index is -4.62. The number of halogens is 4. The summed E-state index contributed by atoms with van der Waals surface area (Å²) in [6.45, 7) is 1.89. The molecule has 1 N–H and O–H groups in total. The molecule has 2 heterocycles. The molecule has 0 spiro atoms. The third kappa shape index (κ3) is 4.95. The molecule has 4 rings (SSSR count). The Morgan fingerprint density at radius 3 is 2.38 bits per heavy atom. The van der Waals surface area contributed by atoms with Gasteiger partial charge in [0.05, 0.1) is 24.2 Å². The zero-order chi connectivity index (χ0) is 24.6. The Morgan fingerprint density at radius 1 is 1.15 bits per heavy atom. The highest BCUT2D eigenvalue weighted by Gasteiger charge is 2.41. The Labute approximate surface area is 194 Å². The minimum absolute atomic E-state index is 0.0211. The molecular weight excluding hydrogens is 454 g/mol. The number of aliphatic carboxylic acids is 1. The first kappa shape index (κ1) is 24.2. The van der Waals surface area contributed by atoms with E-state index in [0.717, 1.165) is 0 Å². The number of fused-ring (bicyclic) bond motifs is 1. The van der Waals surface area contributed by atoms with Crippen LogP contribution >= 0.6 is 0 Å². The average molecular weight is 481 g/mol. The van der Waals surface area contributed by atoms with E-state index in [-0.39, 0.29) is 49.2 Å². The number of hydrogen-bond donors (Lipinski definition) is 1. The molecule has 1 unspecified atom stereocenters. The Hall–Kier alpha value is -2.91. The van der Waals surface area contributed by atoms with Crippen LogP contribution in [0.3, 0.4) is 0 Å². The van der Waals surface area contributed by atoms with Crippen molar-refractivity contribution < 1.29 is 32.3 Å². The van der Waals surface area contributed by atoms with E-state index < -0.39 is 29.7 Å². The van der Waals surface area contributed by atoms with Crippen molar-refractivity contribution in [3.8, 4) is 0 Å². The zero-order valence-electron chi connectivity index (χ0n) is 18.8. The summed E-state index contributed by atoms with van der Waals surface area (Å²) in [7, 11) is 0. The van der Waals surface area contributed by atoms with Crippen molar-refractivity contribution in [2.45, 2.75) is 64.2 Å². The van der Waals surface area contributed by atoms with Gasteiger partial charge < -0.3 is 10.0 Å². The molecule has 1 aliphatic heterocycles. The quantitative estimate of drug-likeness (QED) is 0.622. The number of aromatic nitrogens is 2. The van der Waals surface area contributed by atoms with Crippen LogP contribution in [-0.4, -0.2) is 38.2 Å². The van der Waals surface area contributed by atoms with Crippen LogP contribution in [0.25, 0.3) is 0 Å². The van der Waals surface area contributed by atoms with Crippen LogP contribution < -0.4 is 0 Å². The Morgan fingerprint density at radius 2 is 1.79 bits per heavy atom. The average Bonchev–Trinajstić information content (AvgIpc) is 3.19. The normalized spacial score (nSPS) is 21.7. The fraction of sp³-hybridized carbons (Fsp3) is 0.542. The number of carbonyl (C=O) groups is 2. The van der Waals surface area contributed by atoms with Crippen LogP contribution in [-0.2, 0) is 28.7 Å². The topological polar surface area (TPSA) is 75.4 Å². The number of carboxylic acid groups (broad SMARTS) is 1. The summed E-state index contributed by atoms with van der Waals surface area (Å²) in [6, 6.07) is 4.95. The first-order chi connectivity index (χ1) is 16.0. The second-order valence-corrected chi connectivity index (χ2v) is 9.27. The van der Waals surface area contributed by atoms with E-state index >= 15 is 0 Å². The Bertz CT molecular complexity index is 1060. The second kappa shape index (κ2) is 9.38. The van der Waals surface area contributed by atoms with Crippen LogP contribution in [0, 0.1) is 17.7 Å². The molecule has 1 atom stereocenters. The highest BCUT2D eigenvalue weighted by Crippen LogP contribution is 2.38. The summed E-state index contributed by atoms with van der Waals surface area (Å²) in [6.07, 6.45) is -1.93. The fourth-order valence-electron chi connectivity index (χ4n) is 5.07. The molecule has 1 fully saturated rings. The van der Waals surface area contributed by atoms with Gasteiger partial charge in [0.1, 0.15) is 5.82 Å². The highest BCUT2D eigenvalue weighted by molar-refractivity contribution is 5.77. The van der Waals surface area contributed by atoms with E-state index in [1.165, 1.54) is 28.9 Å². The SMILES string of the molecule is CC(c1ccc(F)cc1)n1nc(C(F)(F)F)c2c1CN(C(=O)C[C@H]1CC[C@H](C(=O)O)CC1)CC2. The first-order valence-corrected chi connectivity index (χ1v) is 11.5. The number of carboxylic acids is 1. The van der Waals surface area contributed by atoms with Gasteiger partial charge in [-0.25, -0.2) is 4.39 Å². The summed E-state index contributed by atoms with van der Waals surface area (Å²) in [5.74, 6) is -1.67. The molecule has 1 saturated carbocycles. The van der Waals surface area contributed by atoms with Crippen LogP contribution in [0.5, 0.6) is 0 Å². The van der Waals surface area contributed by atoms with Crippen molar-refractivity contribution in [3.05, 3.63) is 52.6 Å². The van der Waals surface area contributed by atoms with Crippen LogP contribution in [0.4, 0.5) is 17.6 Å². The standard InChI is InChI=1S/C24H27F4N3O3/c1-14(16-6-8-18(25)9-7-16)31-20-13-30(11-10-19(20)22(29-31)24(26,27)28)21(32)12-15-2-4-17(5-3-15)23(33)34/h6-9,14-15,17H,2-5,10-13H2,1H3,(H,33,34)/t14?,15-,17-. The van der Waals surface area contributed by atoms with E-state index in [9.17, 15) is 27.2 Å². The maximum atomic E-state index is 13.7. The van der Waals surface area contributed by atoms with E-state index in [2.05, 4.69) is 5.10 Å². The van der Waals surface area contributed by atoms with Gasteiger partial charge in [0.15, 0.2) is 5.69 Å². The fourth-order valence-corrected chi connectivity index (χ4v) is 5.07. The molecule has 1 aliphatic carbocycles. The van der Waals surface area contributed by atoms with Gasteiger partial charge in [-0.3, -0.25) is 14.3 Å². The number of carbonyl (C=O) groups excluding carboxylic acids is 1. The number of alkyl halides is 3. The first-order valence-electron chi connectivity index (χ1n) is 11.5. The Kier molecular flexibility index (Phi) is 6.69.